The van der Waals surface area contributed by atoms with Crippen LogP contribution in [0.3, 0.4) is 0 Å². The molecule has 100 valence electrons. The van der Waals surface area contributed by atoms with Gasteiger partial charge in [0.25, 0.3) is 0 Å². The van der Waals surface area contributed by atoms with E-state index in [2.05, 4.69) is 11.1 Å². The predicted octanol–water partition coefficient (Wildman–Crippen LogP) is 2.44. The average Bonchev–Trinajstić information content (AvgIpc) is 2.45. The molecule has 0 saturated heterocycles. The minimum absolute atomic E-state index is 0.436. The van der Waals surface area contributed by atoms with Crippen molar-refractivity contribution in [2.24, 2.45) is 5.73 Å². The van der Waals surface area contributed by atoms with Crippen LogP contribution in [-0.2, 0) is 13.2 Å². The summed E-state index contributed by atoms with van der Waals surface area (Å²) in [5.41, 5.74) is 8.81. The molecule has 1 aromatic carbocycles. The van der Waals surface area contributed by atoms with Gasteiger partial charge in [-0.3, -0.25) is 4.98 Å². The van der Waals surface area contributed by atoms with Gasteiger partial charge in [-0.05, 0) is 24.6 Å². The summed E-state index contributed by atoms with van der Waals surface area (Å²) in [7, 11) is 1.63. The Morgan fingerprint density at radius 2 is 2.05 bits per heavy atom. The summed E-state index contributed by atoms with van der Waals surface area (Å²) in [6.45, 7) is 2.91. The first-order valence-corrected chi connectivity index (χ1v) is 6.13. The summed E-state index contributed by atoms with van der Waals surface area (Å²) in [5, 5.41) is 0. The first-order chi connectivity index (χ1) is 9.22. The lowest BCUT2D eigenvalue weighted by Crippen LogP contribution is -2.03. The SMILES string of the molecule is COc1ccc(CN)c(OCc2cncc(C)c2)c1. The second-order valence-corrected chi connectivity index (χ2v) is 4.34. The molecule has 0 bridgehead atoms. The number of rotatable bonds is 5. The highest BCUT2D eigenvalue weighted by molar-refractivity contribution is 5.40. The summed E-state index contributed by atoms with van der Waals surface area (Å²) in [5.74, 6) is 1.51. The normalized spacial score (nSPS) is 10.3. The van der Waals surface area contributed by atoms with E-state index in [0.29, 0.717) is 13.2 Å². The van der Waals surface area contributed by atoms with Crippen molar-refractivity contribution in [3.63, 3.8) is 0 Å². The molecule has 4 nitrogen and oxygen atoms in total. The van der Waals surface area contributed by atoms with Crippen LogP contribution in [0.2, 0.25) is 0 Å². The molecule has 0 aliphatic carbocycles. The number of aryl methyl sites for hydroxylation is 1. The van der Waals surface area contributed by atoms with Crippen LogP contribution in [0.15, 0.2) is 36.7 Å². The molecule has 2 aromatic rings. The van der Waals surface area contributed by atoms with Gasteiger partial charge in [0, 0.05) is 36.1 Å². The van der Waals surface area contributed by atoms with Crippen LogP contribution < -0.4 is 15.2 Å². The highest BCUT2D eigenvalue weighted by Gasteiger charge is 2.05. The van der Waals surface area contributed by atoms with E-state index >= 15 is 0 Å². The second kappa shape index (κ2) is 6.20. The molecule has 4 heteroatoms. The van der Waals surface area contributed by atoms with Crippen LogP contribution in [0, 0.1) is 6.92 Å². The third-order valence-electron chi connectivity index (χ3n) is 2.82. The van der Waals surface area contributed by atoms with E-state index in [1.165, 1.54) is 0 Å². The molecule has 0 aliphatic rings. The number of aromatic nitrogens is 1. The molecule has 1 aromatic heterocycles. The quantitative estimate of drug-likeness (QED) is 0.895. The van der Waals surface area contributed by atoms with Gasteiger partial charge in [-0.1, -0.05) is 6.07 Å². The molecule has 0 aliphatic heterocycles. The van der Waals surface area contributed by atoms with Gasteiger partial charge in [0.1, 0.15) is 18.1 Å². The molecule has 0 fully saturated rings. The molecule has 0 saturated carbocycles. The monoisotopic (exact) mass is 258 g/mol. The Morgan fingerprint density at radius 3 is 2.74 bits per heavy atom. The second-order valence-electron chi connectivity index (χ2n) is 4.34. The number of nitrogens with zero attached hydrogens (tertiary/aromatic N) is 1. The highest BCUT2D eigenvalue weighted by atomic mass is 16.5. The number of methoxy groups -OCH3 is 1. The van der Waals surface area contributed by atoms with Crippen LogP contribution >= 0.6 is 0 Å². The molecule has 0 radical (unpaired) electrons. The van der Waals surface area contributed by atoms with Crippen molar-refractivity contribution in [2.75, 3.05) is 7.11 Å². The van der Waals surface area contributed by atoms with Crippen molar-refractivity contribution in [1.82, 2.24) is 4.98 Å². The van der Waals surface area contributed by atoms with Gasteiger partial charge >= 0.3 is 0 Å². The van der Waals surface area contributed by atoms with Crippen LogP contribution in [0.1, 0.15) is 16.7 Å². The predicted molar refractivity (Wildman–Crippen MR) is 74.2 cm³/mol. The van der Waals surface area contributed by atoms with Crippen molar-refractivity contribution in [2.45, 2.75) is 20.1 Å². The molecular weight excluding hydrogens is 240 g/mol. The molecule has 2 rings (SSSR count). The van der Waals surface area contributed by atoms with Crippen LogP contribution in [0.5, 0.6) is 11.5 Å². The number of pyridine rings is 1. The molecular formula is C15H18N2O2. The number of nitrogens with two attached hydrogens (primary N) is 1. The lowest BCUT2D eigenvalue weighted by molar-refractivity contribution is 0.300. The lowest BCUT2D eigenvalue weighted by Gasteiger charge is -2.12. The summed E-state index contributed by atoms with van der Waals surface area (Å²) >= 11 is 0. The van der Waals surface area contributed by atoms with Gasteiger partial charge in [-0.15, -0.1) is 0 Å². The van der Waals surface area contributed by atoms with E-state index in [-0.39, 0.29) is 0 Å². The first-order valence-electron chi connectivity index (χ1n) is 6.13. The maximum atomic E-state index is 5.81. The van der Waals surface area contributed by atoms with E-state index in [0.717, 1.165) is 28.2 Å². The van der Waals surface area contributed by atoms with Crippen LogP contribution in [-0.4, -0.2) is 12.1 Å². The van der Waals surface area contributed by atoms with Gasteiger partial charge in [0.05, 0.1) is 7.11 Å². The Labute approximate surface area is 113 Å². The molecule has 1 heterocycles. The Hall–Kier alpha value is -2.07. The molecule has 2 N–H and O–H groups in total. The van der Waals surface area contributed by atoms with Gasteiger partial charge in [0.15, 0.2) is 0 Å². The summed E-state index contributed by atoms with van der Waals surface area (Å²) < 4.78 is 11.0. The van der Waals surface area contributed by atoms with Crippen LogP contribution in [0.25, 0.3) is 0 Å². The van der Waals surface area contributed by atoms with E-state index < -0.39 is 0 Å². The smallest absolute Gasteiger partial charge is 0.127 e. The third kappa shape index (κ3) is 3.45. The molecule has 19 heavy (non-hydrogen) atoms. The summed E-state index contributed by atoms with van der Waals surface area (Å²) in [4.78, 5) is 4.14. The van der Waals surface area contributed by atoms with Gasteiger partial charge in [0.2, 0.25) is 0 Å². The standard InChI is InChI=1S/C15H18N2O2/c1-11-5-12(9-17-8-11)10-19-15-6-14(18-2)4-3-13(15)7-16/h3-6,8-9H,7,10,16H2,1-2H3. The minimum atomic E-state index is 0.436. The fourth-order valence-corrected chi connectivity index (χ4v) is 1.82. The van der Waals surface area contributed by atoms with Crippen molar-refractivity contribution in [3.8, 4) is 11.5 Å². The zero-order valence-corrected chi connectivity index (χ0v) is 11.2. The molecule has 0 unspecified atom stereocenters. The molecule has 0 spiro atoms. The zero-order chi connectivity index (χ0) is 13.7. The average molecular weight is 258 g/mol. The number of benzene rings is 1. The topological polar surface area (TPSA) is 57.4 Å². The molecule has 0 amide bonds. The Kier molecular flexibility index (Phi) is 4.36. The number of hydrogen-bond donors (Lipinski definition) is 1. The fourth-order valence-electron chi connectivity index (χ4n) is 1.82. The Balaban J connectivity index is 2.14. The van der Waals surface area contributed by atoms with Crippen molar-refractivity contribution in [1.29, 1.82) is 0 Å². The van der Waals surface area contributed by atoms with E-state index in [4.69, 9.17) is 15.2 Å². The van der Waals surface area contributed by atoms with Crippen molar-refractivity contribution >= 4 is 0 Å². The maximum Gasteiger partial charge on any atom is 0.127 e. The van der Waals surface area contributed by atoms with E-state index in [9.17, 15) is 0 Å². The summed E-state index contributed by atoms with van der Waals surface area (Å²) in [6, 6.07) is 7.70. The van der Waals surface area contributed by atoms with Crippen molar-refractivity contribution < 1.29 is 9.47 Å². The number of hydrogen-bond acceptors (Lipinski definition) is 4. The first kappa shape index (κ1) is 13.4. The van der Waals surface area contributed by atoms with Gasteiger partial charge < -0.3 is 15.2 Å². The highest BCUT2D eigenvalue weighted by Crippen LogP contribution is 2.25. The summed E-state index contributed by atoms with van der Waals surface area (Å²) in [6.07, 6.45) is 3.62. The van der Waals surface area contributed by atoms with Gasteiger partial charge in [-0.25, -0.2) is 0 Å². The third-order valence-corrected chi connectivity index (χ3v) is 2.82. The van der Waals surface area contributed by atoms with E-state index in [1.807, 2.05) is 31.3 Å². The number of ether oxygens (including phenoxy) is 2. The van der Waals surface area contributed by atoms with Crippen LogP contribution in [0.4, 0.5) is 0 Å². The van der Waals surface area contributed by atoms with Gasteiger partial charge in [-0.2, -0.15) is 0 Å². The maximum absolute atomic E-state index is 5.81. The minimum Gasteiger partial charge on any atom is -0.497 e. The largest absolute Gasteiger partial charge is 0.497 e. The zero-order valence-electron chi connectivity index (χ0n) is 11.2. The molecule has 0 atom stereocenters. The lowest BCUT2D eigenvalue weighted by atomic mass is 10.2. The Morgan fingerprint density at radius 1 is 1.21 bits per heavy atom. The van der Waals surface area contributed by atoms with Crippen molar-refractivity contribution in [3.05, 3.63) is 53.3 Å². The fraction of sp³-hybridized carbons (Fsp3) is 0.267. The van der Waals surface area contributed by atoms with E-state index in [1.54, 1.807) is 13.3 Å². The Bertz CT molecular complexity index is 556.